The van der Waals surface area contributed by atoms with Gasteiger partial charge in [-0.1, -0.05) is 20.4 Å². The first kappa shape index (κ1) is 12.4. The van der Waals surface area contributed by atoms with E-state index in [1.165, 1.54) is 25.7 Å². The van der Waals surface area contributed by atoms with Gasteiger partial charge in [-0.15, -0.1) is 0 Å². The van der Waals surface area contributed by atoms with Crippen molar-refractivity contribution in [3.63, 3.8) is 0 Å². The molecule has 0 unspecified atom stereocenters. The van der Waals surface area contributed by atoms with E-state index in [4.69, 9.17) is 0 Å². The van der Waals surface area contributed by atoms with Crippen molar-refractivity contribution in [2.24, 2.45) is 17.8 Å². The van der Waals surface area contributed by atoms with Crippen molar-refractivity contribution in [3.8, 4) is 0 Å². The van der Waals surface area contributed by atoms with Crippen LogP contribution in [0.4, 0.5) is 0 Å². The number of amides is 1. The molecule has 0 atom stereocenters. The third-order valence-electron chi connectivity index (χ3n) is 4.31. The summed E-state index contributed by atoms with van der Waals surface area (Å²) in [7, 11) is 0. The Morgan fingerprint density at radius 2 is 1.94 bits per heavy atom. The Balaban J connectivity index is 1.82. The maximum atomic E-state index is 11.6. The Labute approximate surface area is 104 Å². The summed E-state index contributed by atoms with van der Waals surface area (Å²) in [6, 6.07) is 0. The average Bonchev–Trinajstić information content (AvgIpc) is 2.61. The smallest absolute Gasteiger partial charge is 0.251 e. The fourth-order valence-electron chi connectivity index (χ4n) is 2.99. The highest BCUT2D eigenvalue weighted by atomic mass is 16.2. The van der Waals surface area contributed by atoms with E-state index in [1.807, 2.05) is 11.0 Å². The molecule has 2 nitrogen and oxygen atoms in total. The first-order chi connectivity index (χ1) is 8.08. The highest BCUT2D eigenvalue weighted by Crippen LogP contribution is 2.34. The number of allylic oxidation sites excluding steroid dienone is 1. The van der Waals surface area contributed by atoms with Crippen molar-refractivity contribution in [3.05, 3.63) is 24.4 Å². The third-order valence-corrected chi connectivity index (χ3v) is 4.31. The van der Waals surface area contributed by atoms with Gasteiger partial charge in [-0.25, -0.2) is 0 Å². The van der Waals surface area contributed by atoms with Crippen molar-refractivity contribution in [1.29, 1.82) is 0 Å². The molecule has 0 aromatic rings. The van der Waals surface area contributed by atoms with Gasteiger partial charge >= 0.3 is 0 Å². The SMILES string of the molecule is C=C1C=CC(=O)N1CC1CCC(C(C)C)CC1. The Kier molecular flexibility index (Phi) is 3.70. The second kappa shape index (κ2) is 5.07. The molecule has 94 valence electrons. The summed E-state index contributed by atoms with van der Waals surface area (Å²) < 4.78 is 0. The van der Waals surface area contributed by atoms with Crippen LogP contribution in [0.2, 0.25) is 0 Å². The topological polar surface area (TPSA) is 20.3 Å². The molecule has 1 aliphatic heterocycles. The van der Waals surface area contributed by atoms with E-state index < -0.39 is 0 Å². The van der Waals surface area contributed by atoms with Crippen LogP contribution in [0.25, 0.3) is 0 Å². The predicted octanol–water partition coefficient (Wildman–Crippen LogP) is 3.36. The average molecular weight is 233 g/mol. The maximum absolute atomic E-state index is 11.6. The molecule has 1 saturated carbocycles. The van der Waals surface area contributed by atoms with Gasteiger partial charge in [0.1, 0.15) is 0 Å². The minimum Gasteiger partial charge on any atom is -0.309 e. The minimum absolute atomic E-state index is 0.112. The molecule has 0 bridgehead atoms. The molecular weight excluding hydrogens is 210 g/mol. The van der Waals surface area contributed by atoms with Gasteiger partial charge in [-0.3, -0.25) is 4.79 Å². The van der Waals surface area contributed by atoms with E-state index in [0.29, 0.717) is 5.92 Å². The summed E-state index contributed by atoms with van der Waals surface area (Å²) in [4.78, 5) is 13.4. The lowest BCUT2D eigenvalue weighted by Crippen LogP contribution is -2.32. The van der Waals surface area contributed by atoms with Crippen LogP contribution >= 0.6 is 0 Å². The number of hydrogen-bond donors (Lipinski definition) is 0. The molecule has 0 spiro atoms. The van der Waals surface area contributed by atoms with Crippen LogP contribution in [0.1, 0.15) is 39.5 Å². The summed E-state index contributed by atoms with van der Waals surface area (Å²) in [5.74, 6) is 2.48. The van der Waals surface area contributed by atoms with Crippen LogP contribution in [0.5, 0.6) is 0 Å². The van der Waals surface area contributed by atoms with Gasteiger partial charge in [0.15, 0.2) is 0 Å². The summed E-state index contributed by atoms with van der Waals surface area (Å²) in [6.07, 6.45) is 8.62. The van der Waals surface area contributed by atoms with Crippen molar-refractivity contribution in [1.82, 2.24) is 4.90 Å². The highest BCUT2D eigenvalue weighted by Gasteiger charge is 2.27. The molecule has 0 saturated heterocycles. The van der Waals surface area contributed by atoms with Crippen LogP contribution in [-0.4, -0.2) is 17.4 Å². The van der Waals surface area contributed by atoms with E-state index in [0.717, 1.165) is 24.1 Å². The molecule has 17 heavy (non-hydrogen) atoms. The summed E-state index contributed by atoms with van der Waals surface area (Å²) in [6.45, 7) is 9.42. The highest BCUT2D eigenvalue weighted by molar-refractivity contribution is 5.92. The Morgan fingerprint density at radius 1 is 1.29 bits per heavy atom. The molecule has 1 heterocycles. The molecule has 0 aromatic carbocycles. The molecule has 1 aliphatic carbocycles. The van der Waals surface area contributed by atoms with Crippen LogP contribution in [0.3, 0.4) is 0 Å². The van der Waals surface area contributed by atoms with Gasteiger partial charge in [0.05, 0.1) is 0 Å². The zero-order valence-electron chi connectivity index (χ0n) is 11.0. The Bertz CT molecular complexity index is 317. The second-order valence-corrected chi connectivity index (χ2v) is 5.80. The van der Waals surface area contributed by atoms with Gasteiger partial charge in [0, 0.05) is 18.3 Å². The number of carbonyl (C=O) groups is 1. The Hall–Kier alpha value is -1.05. The lowest BCUT2D eigenvalue weighted by atomic mass is 9.77. The molecule has 1 amide bonds. The Morgan fingerprint density at radius 3 is 2.41 bits per heavy atom. The van der Waals surface area contributed by atoms with Gasteiger partial charge in [0.25, 0.3) is 5.91 Å². The number of hydrogen-bond acceptors (Lipinski definition) is 1. The van der Waals surface area contributed by atoms with Gasteiger partial charge in [-0.2, -0.15) is 0 Å². The number of carbonyl (C=O) groups excluding carboxylic acids is 1. The van der Waals surface area contributed by atoms with Crippen molar-refractivity contribution < 1.29 is 4.79 Å². The molecule has 2 heteroatoms. The molecular formula is C15H23NO. The fraction of sp³-hybridized carbons (Fsp3) is 0.667. The van der Waals surface area contributed by atoms with E-state index >= 15 is 0 Å². The van der Waals surface area contributed by atoms with Crippen LogP contribution in [0, 0.1) is 17.8 Å². The fourth-order valence-corrected chi connectivity index (χ4v) is 2.99. The van der Waals surface area contributed by atoms with Crippen molar-refractivity contribution in [2.45, 2.75) is 39.5 Å². The minimum atomic E-state index is 0.112. The zero-order valence-corrected chi connectivity index (χ0v) is 11.0. The van der Waals surface area contributed by atoms with Gasteiger partial charge in [-0.05, 0) is 49.5 Å². The summed E-state index contributed by atoms with van der Waals surface area (Å²) in [5, 5.41) is 0. The lowest BCUT2D eigenvalue weighted by molar-refractivity contribution is -0.123. The van der Waals surface area contributed by atoms with Crippen molar-refractivity contribution >= 4 is 5.91 Å². The molecule has 0 radical (unpaired) electrons. The van der Waals surface area contributed by atoms with Gasteiger partial charge < -0.3 is 4.90 Å². The van der Waals surface area contributed by atoms with E-state index in [1.54, 1.807) is 6.08 Å². The van der Waals surface area contributed by atoms with Crippen molar-refractivity contribution in [2.75, 3.05) is 6.54 Å². The zero-order chi connectivity index (χ0) is 12.4. The van der Waals surface area contributed by atoms with Gasteiger partial charge in [0.2, 0.25) is 0 Å². The molecule has 2 rings (SSSR count). The summed E-state index contributed by atoms with van der Waals surface area (Å²) >= 11 is 0. The molecule has 0 aromatic heterocycles. The first-order valence-electron chi connectivity index (χ1n) is 6.76. The lowest BCUT2D eigenvalue weighted by Gasteiger charge is -2.33. The molecule has 2 aliphatic rings. The first-order valence-corrected chi connectivity index (χ1v) is 6.76. The molecule has 0 N–H and O–H groups in total. The van der Waals surface area contributed by atoms with E-state index in [2.05, 4.69) is 20.4 Å². The number of nitrogens with zero attached hydrogens (tertiary/aromatic N) is 1. The monoisotopic (exact) mass is 233 g/mol. The number of rotatable bonds is 3. The second-order valence-electron chi connectivity index (χ2n) is 5.80. The quantitative estimate of drug-likeness (QED) is 0.732. The maximum Gasteiger partial charge on any atom is 0.251 e. The normalized spacial score (nSPS) is 29.5. The van der Waals surface area contributed by atoms with Crippen LogP contribution in [0.15, 0.2) is 24.4 Å². The molecule has 1 fully saturated rings. The third kappa shape index (κ3) is 2.80. The van der Waals surface area contributed by atoms with E-state index in [-0.39, 0.29) is 5.91 Å². The van der Waals surface area contributed by atoms with Crippen LogP contribution < -0.4 is 0 Å². The standard InChI is InChI=1S/C15H23NO/c1-11(2)14-7-5-13(6-8-14)10-16-12(3)4-9-15(16)17/h4,9,11,13-14H,3,5-8,10H2,1-2H3. The van der Waals surface area contributed by atoms with E-state index in [9.17, 15) is 4.79 Å². The largest absolute Gasteiger partial charge is 0.309 e. The van der Waals surface area contributed by atoms with Crippen LogP contribution in [-0.2, 0) is 4.79 Å². The summed E-state index contributed by atoms with van der Waals surface area (Å²) in [5.41, 5.74) is 0.862. The predicted molar refractivity (Wildman–Crippen MR) is 70.3 cm³/mol.